The molecule has 0 N–H and O–H groups in total. The number of benzene rings is 1. The smallest absolute Gasteiger partial charge is 0.0482 e. The fourth-order valence-corrected chi connectivity index (χ4v) is 2.68. The molecular formula is C15H18N2. The molecule has 0 radical (unpaired) electrons. The van der Waals surface area contributed by atoms with Gasteiger partial charge in [0.05, 0.1) is 0 Å². The lowest BCUT2D eigenvalue weighted by atomic mass is 10.1. The van der Waals surface area contributed by atoms with Crippen LogP contribution in [0.25, 0.3) is 16.5 Å². The molecule has 0 bridgehead atoms. The number of rotatable bonds is 1. The molecule has 1 aliphatic rings. The fourth-order valence-electron chi connectivity index (χ4n) is 2.68. The van der Waals surface area contributed by atoms with E-state index in [1.165, 1.54) is 28.7 Å². The molecule has 88 valence electrons. The molecule has 1 aromatic carbocycles. The van der Waals surface area contributed by atoms with Crippen LogP contribution in [0.15, 0.2) is 36.4 Å². The lowest BCUT2D eigenvalue weighted by Gasteiger charge is -2.23. The van der Waals surface area contributed by atoms with Crippen molar-refractivity contribution in [1.82, 2.24) is 9.47 Å². The number of hydrogen-bond donors (Lipinski definition) is 0. The molecule has 3 rings (SSSR count). The van der Waals surface area contributed by atoms with Gasteiger partial charge in [-0.15, -0.1) is 0 Å². The molecule has 0 amide bonds. The number of para-hydroxylation sites is 1. The second kappa shape index (κ2) is 4.04. The summed E-state index contributed by atoms with van der Waals surface area (Å²) < 4.78 is 2.31. The summed E-state index contributed by atoms with van der Waals surface area (Å²) in [4.78, 5) is 2.38. The molecule has 2 aromatic rings. The molecule has 0 saturated heterocycles. The van der Waals surface area contributed by atoms with E-state index in [1.54, 1.807) is 0 Å². The maximum atomic E-state index is 2.38. The highest BCUT2D eigenvalue weighted by Gasteiger charge is 2.14. The van der Waals surface area contributed by atoms with Crippen molar-refractivity contribution < 1.29 is 0 Å². The SMILES string of the molecule is CN1CCC=C(c2cc3ccccc3n2C)C1. The van der Waals surface area contributed by atoms with Gasteiger partial charge < -0.3 is 9.47 Å². The van der Waals surface area contributed by atoms with Crippen molar-refractivity contribution in [3.05, 3.63) is 42.1 Å². The zero-order chi connectivity index (χ0) is 11.8. The Morgan fingerprint density at radius 1 is 1.12 bits per heavy atom. The molecule has 1 aliphatic heterocycles. The largest absolute Gasteiger partial charge is 0.344 e. The third kappa shape index (κ3) is 1.79. The summed E-state index contributed by atoms with van der Waals surface area (Å²) in [6.45, 7) is 2.23. The summed E-state index contributed by atoms with van der Waals surface area (Å²) in [5.41, 5.74) is 4.13. The van der Waals surface area contributed by atoms with Crippen molar-refractivity contribution in [2.75, 3.05) is 20.1 Å². The Morgan fingerprint density at radius 2 is 1.94 bits per heavy atom. The van der Waals surface area contributed by atoms with E-state index in [0.717, 1.165) is 13.0 Å². The van der Waals surface area contributed by atoms with Crippen LogP contribution in [0.1, 0.15) is 12.1 Å². The number of likely N-dealkylation sites (N-methyl/N-ethyl adjacent to an activating group) is 1. The Bertz CT molecular complexity index is 578. The van der Waals surface area contributed by atoms with Crippen LogP contribution in [0.4, 0.5) is 0 Å². The van der Waals surface area contributed by atoms with Crippen LogP contribution in [-0.2, 0) is 7.05 Å². The van der Waals surface area contributed by atoms with Gasteiger partial charge in [0, 0.05) is 36.7 Å². The maximum absolute atomic E-state index is 2.38. The predicted molar refractivity (Wildman–Crippen MR) is 73.0 cm³/mol. The highest BCUT2D eigenvalue weighted by molar-refractivity contribution is 5.86. The average molecular weight is 226 g/mol. The Morgan fingerprint density at radius 3 is 2.71 bits per heavy atom. The van der Waals surface area contributed by atoms with E-state index >= 15 is 0 Å². The second-order valence-electron chi connectivity index (χ2n) is 4.90. The van der Waals surface area contributed by atoms with Gasteiger partial charge in [-0.05, 0) is 31.2 Å². The number of nitrogens with zero attached hydrogens (tertiary/aromatic N) is 2. The first-order valence-corrected chi connectivity index (χ1v) is 6.18. The van der Waals surface area contributed by atoms with Gasteiger partial charge in [-0.1, -0.05) is 24.3 Å². The Hall–Kier alpha value is -1.54. The Kier molecular flexibility index (Phi) is 2.52. The molecule has 0 saturated carbocycles. The van der Waals surface area contributed by atoms with Gasteiger partial charge in [-0.2, -0.15) is 0 Å². The summed E-state index contributed by atoms with van der Waals surface area (Å²) in [5, 5.41) is 1.33. The predicted octanol–water partition coefficient (Wildman–Crippen LogP) is 2.90. The minimum Gasteiger partial charge on any atom is -0.344 e. The first-order valence-electron chi connectivity index (χ1n) is 6.18. The minimum atomic E-state index is 1.06. The van der Waals surface area contributed by atoms with Gasteiger partial charge in [0.2, 0.25) is 0 Å². The van der Waals surface area contributed by atoms with Gasteiger partial charge in [-0.3, -0.25) is 0 Å². The lowest BCUT2D eigenvalue weighted by molar-refractivity contribution is 0.372. The highest BCUT2D eigenvalue weighted by atomic mass is 15.1. The van der Waals surface area contributed by atoms with Crippen LogP contribution in [0.2, 0.25) is 0 Å². The topological polar surface area (TPSA) is 8.17 Å². The second-order valence-corrected chi connectivity index (χ2v) is 4.90. The number of aromatic nitrogens is 1. The minimum absolute atomic E-state index is 1.06. The van der Waals surface area contributed by atoms with Gasteiger partial charge in [0.1, 0.15) is 0 Å². The molecule has 0 atom stereocenters. The zero-order valence-corrected chi connectivity index (χ0v) is 10.5. The van der Waals surface area contributed by atoms with Gasteiger partial charge in [-0.25, -0.2) is 0 Å². The maximum Gasteiger partial charge on any atom is 0.0482 e. The zero-order valence-electron chi connectivity index (χ0n) is 10.5. The van der Waals surface area contributed by atoms with Crippen LogP contribution in [0.5, 0.6) is 0 Å². The number of hydrogen-bond acceptors (Lipinski definition) is 1. The quantitative estimate of drug-likeness (QED) is 0.726. The standard InChI is InChI=1S/C15H18N2/c1-16-9-5-7-13(11-16)15-10-12-6-3-4-8-14(12)17(15)2/h3-4,6-8,10H,5,9,11H2,1-2H3. The van der Waals surface area contributed by atoms with Crippen LogP contribution in [0.3, 0.4) is 0 Å². The van der Waals surface area contributed by atoms with E-state index in [1.807, 2.05) is 0 Å². The monoisotopic (exact) mass is 226 g/mol. The lowest BCUT2D eigenvalue weighted by Crippen LogP contribution is -2.25. The molecule has 2 heteroatoms. The first-order chi connectivity index (χ1) is 8.25. The van der Waals surface area contributed by atoms with Gasteiger partial charge >= 0.3 is 0 Å². The van der Waals surface area contributed by atoms with Gasteiger partial charge in [0.25, 0.3) is 0 Å². The molecule has 2 nitrogen and oxygen atoms in total. The molecule has 0 unspecified atom stereocenters. The molecule has 1 aromatic heterocycles. The molecule has 0 spiro atoms. The Labute approximate surface area is 102 Å². The summed E-state index contributed by atoms with van der Waals surface area (Å²) in [6.07, 6.45) is 3.54. The molecular weight excluding hydrogens is 208 g/mol. The summed E-state index contributed by atoms with van der Waals surface area (Å²) >= 11 is 0. The van der Waals surface area contributed by atoms with E-state index in [9.17, 15) is 0 Å². The number of fused-ring (bicyclic) bond motifs is 1. The summed E-state index contributed by atoms with van der Waals surface area (Å²) in [6, 6.07) is 10.9. The molecule has 0 fully saturated rings. The fraction of sp³-hybridized carbons (Fsp3) is 0.333. The van der Waals surface area contributed by atoms with Crippen molar-refractivity contribution in [3.63, 3.8) is 0 Å². The average Bonchev–Trinajstić information content (AvgIpc) is 2.68. The van der Waals surface area contributed by atoms with Crippen molar-refractivity contribution in [1.29, 1.82) is 0 Å². The normalized spacial score (nSPS) is 17.4. The van der Waals surface area contributed by atoms with Crippen LogP contribution in [-0.4, -0.2) is 29.6 Å². The van der Waals surface area contributed by atoms with E-state index in [0.29, 0.717) is 0 Å². The summed E-state index contributed by atoms with van der Waals surface area (Å²) in [7, 11) is 4.35. The molecule has 17 heavy (non-hydrogen) atoms. The summed E-state index contributed by atoms with van der Waals surface area (Å²) in [5.74, 6) is 0. The molecule has 0 aliphatic carbocycles. The van der Waals surface area contributed by atoms with E-state index in [4.69, 9.17) is 0 Å². The van der Waals surface area contributed by atoms with Crippen LogP contribution >= 0.6 is 0 Å². The third-order valence-corrected chi connectivity index (χ3v) is 3.62. The van der Waals surface area contributed by atoms with Crippen LogP contribution < -0.4 is 0 Å². The first kappa shape index (κ1) is 10.6. The van der Waals surface area contributed by atoms with E-state index < -0.39 is 0 Å². The van der Waals surface area contributed by atoms with Crippen LogP contribution in [0, 0.1) is 0 Å². The van der Waals surface area contributed by atoms with Crippen molar-refractivity contribution in [3.8, 4) is 0 Å². The van der Waals surface area contributed by atoms with Crippen molar-refractivity contribution >= 4 is 16.5 Å². The third-order valence-electron chi connectivity index (χ3n) is 3.62. The Balaban J connectivity index is 2.11. The van der Waals surface area contributed by atoms with Crippen molar-refractivity contribution in [2.45, 2.75) is 6.42 Å². The van der Waals surface area contributed by atoms with Crippen molar-refractivity contribution in [2.24, 2.45) is 7.05 Å². The highest BCUT2D eigenvalue weighted by Crippen LogP contribution is 2.26. The molecule has 2 heterocycles. The van der Waals surface area contributed by atoms with Gasteiger partial charge in [0.15, 0.2) is 0 Å². The van der Waals surface area contributed by atoms with E-state index in [2.05, 4.69) is 60.0 Å². The number of aryl methyl sites for hydroxylation is 1. The van der Waals surface area contributed by atoms with E-state index in [-0.39, 0.29) is 0 Å².